The Morgan fingerprint density at radius 2 is 1.71 bits per heavy atom. The van der Waals surface area contributed by atoms with Crippen molar-refractivity contribution in [2.45, 2.75) is 71.4 Å². The van der Waals surface area contributed by atoms with Crippen LogP contribution >= 0.6 is 0 Å². The van der Waals surface area contributed by atoms with E-state index in [1.54, 1.807) is 0 Å². The van der Waals surface area contributed by atoms with Crippen molar-refractivity contribution in [1.29, 1.82) is 0 Å². The molecule has 1 atom stereocenters. The van der Waals surface area contributed by atoms with E-state index in [0.717, 1.165) is 48.3 Å². The molecule has 0 bridgehead atoms. The Balaban J connectivity index is 1.91. The lowest BCUT2D eigenvalue weighted by atomic mass is 10.0. The summed E-state index contributed by atoms with van der Waals surface area (Å²) in [6.07, 6.45) is 5.18. The number of nitrogens with one attached hydrogen (secondary N) is 1. The summed E-state index contributed by atoms with van der Waals surface area (Å²) in [5.74, 6) is -1.55. The molecule has 2 rings (SSSR count). The first-order valence-corrected chi connectivity index (χ1v) is 8.79. The quantitative estimate of drug-likeness (QED) is 0.565. The van der Waals surface area contributed by atoms with Crippen LogP contribution in [0.2, 0.25) is 0 Å². The van der Waals surface area contributed by atoms with Crippen LogP contribution in [0.4, 0.5) is 4.79 Å². The van der Waals surface area contributed by atoms with Crippen molar-refractivity contribution < 1.29 is 19.2 Å². The summed E-state index contributed by atoms with van der Waals surface area (Å²) in [4.78, 5) is 50.4. The monoisotopic (exact) mass is 337 g/mol. The zero-order valence-corrected chi connectivity index (χ0v) is 14.7. The van der Waals surface area contributed by atoms with Crippen molar-refractivity contribution in [3.05, 3.63) is 0 Å². The van der Waals surface area contributed by atoms with E-state index >= 15 is 0 Å². The number of amides is 5. The third-order valence-corrected chi connectivity index (χ3v) is 4.66. The lowest BCUT2D eigenvalue weighted by Crippen LogP contribution is -2.45. The van der Waals surface area contributed by atoms with Gasteiger partial charge in [-0.25, -0.2) is 9.69 Å². The minimum atomic E-state index is -0.892. The molecule has 24 heavy (non-hydrogen) atoms. The van der Waals surface area contributed by atoms with Gasteiger partial charge in [0.25, 0.3) is 0 Å². The molecular weight excluding hydrogens is 310 g/mol. The molecule has 5 amide bonds. The minimum Gasteiger partial charge on any atom is -0.352 e. The summed E-state index contributed by atoms with van der Waals surface area (Å²) >= 11 is 0. The molecule has 0 spiro atoms. The Kier molecular flexibility index (Phi) is 5.96. The number of imide groups is 2. The highest BCUT2D eigenvalue weighted by atomic mass is 16.2. The fourth-order valence-corrected chi connectivity index (χ4v) is 3.27. The molecule has 2 fully saturated rings. The van der Waals surface area contributed by atoms with E-state index in [1.807, 2.05) is 6.92 Å². The third-order valence-electron chi connectivity index (χ3n) is 4.66. The summed E-state index contributed by atoms with van der Waals surface area (Å²) in [6.45, 7) is 5.72. The van der Waals surface area contributed by atoms with Gasteiger partial charge in [-0.15, -0.1) is 0 Å². The number of carbonyl (C=O) groups excluding carboxylic acids is 4. The van der Waals surface area contributed by atoms with Crippen LogP contribution < -0.4 is 5.32 Å². The zero-order chi connectivity index (χ0) is 17.9. The summed E-state index contributed by atoms with van der Waals surface area (Å²) in [5.41, 5.74) is 0. The molecule has 1 aliphatic heterocycles. The third kappa shape index (κ3) is 4.13. The van der Waals surface area contributed by atoms with E-state index in [4.69, 9.17) is 0 Å². The highest BCUT2D eigenvalue weighted by Crippen LogP contribution is 2.27. The first-order valence-electron chi connectivity index (χ1n) is 8.79. The number of carbonyl (C=O) groups is 4. The molecule has 0 aromatic rings. The smallest absolute Gasteiger partial charge is 0.334 e. The van der Waals surface area contributed by atoms with Gasteiger partial charge in [0.1, 0.15) is 6.54 Å². The van der Waals surface area contributed by atoms with Crippen molar-refractivity contribution in [2.24, 2.45) is 5.92 Å². The van der Waals surface area contributed by atoms with E-state index in [9.17, 15) is 19.2 Å². The van der Waals surface area contributed by atoms with Crippen LogP contribution in [0.25, 0.3) is 0 Å². The Bertz CT molecular complexity index is 526. The van der Waals surface area contributed by atoms with Gasteiger partial charge < -0.3 is 5.32 Å². The Morgan fingerprint density at radius 3 is 2.29 bits per heavy atom. The van der Waals surface area contributed by atoms with Gasteiger partial charge in [-0.1, -0.05) is 26.7 Å². The minimum absolute atomic E-state index is 0.0330. The van der Waals surface area contributed by atoms with Gasteiger partial charge in [-0.05, 0) is 38.5 Å². The van der Waals surface area contributed by atoms with Crippen LogP contribution in [-0.2, 0) is 14.4 Å². The van der Waals surface area contributed by atoms with Gasteiger partial charge in [0.05, 0.1) is 0 Å². The number of urea groups is 1. The number of rotatable bonds is 7. The zero-order valence-electron chi connectivity index (χ0n) is 14.7. The topological polar surface area (TPSA) is 86.8 Å². The summed E-state index contributed by atoms with van der Waals surface area (Å²) in [5, 5.41) is 2.79. The lowest BCUT2D eigenvalue weighted by Gasteiger charge is -2.21. The number of hydrogen-bond donors (Lipinski definition) is 1. The molecule has 0 aromatic heterocycles. The van der Waals surface area contributed by atoms with Crippen LogP contribution in [0.3, 0.4) is 0 Å². The van der Waals surface area contributed by atoms with E-state index < -0.39 is 30.3 Å². The normalized spacial score (nSPS) is 20.4. The SMILES string of the molecule is CC(C)CC[C@@H](C)NC(=O)CN1C(=O)C(=O)N(C2CCCC2)C1=O. The second kappa shape index (κ2) is 7.77. The predicted octanol–water partition coefficient (Wildman–Crippen LogP) is 1.66. The molecule has 1 saturated carbocycles. The van der Waals surface area contributed by atoms with Crippen LogP contribution in [0.5, 0.6) is 0 Å². The number of hydrogen-bond acceptors (Lipinski definition) is 4. The standard InChI is InChI=1S/C17H27N3O4/c1-11(2)8-9-12(3)18-14(21)10-19-15(22)16(23)20(17(19)24)13-6-4-5-7-13/h11-13H,4-10H2,1-3H3,(H,18,21)/t12-/m1/s1. The van der Waals surface area contributed by atoms with Gasteiger partial charge in [-0.3, -0.25) is 19.3 Å². The van der Waals surface area contributed by atoms with Gasteiger partial charge in [0.15, 0.2) is 0 Å². The summed E-state index contributed by atoms with van der Waals surface area (Å²) in [7, 11) is 0. The Labute approximate surface area is 142 Å². The molecule has 1 aliphatic carbocycles. The largest absolute Gasteiger partial charge is 0.352 e. The Morgan fingerprint density at radius 1 is 1.08 bits per heavy atom. The van der Waals surface area contributed by atoms with E-state index in [0.29, 0.717) is 5.92 Å². The first-order chi connectivity index (χ1) is 11.3. The van der Waals surface area contributed by atoms with Crippen molar-refractivity contribution in [2.75, 3.05) is 6.54 Å². The average molecular weight is 337 g/mol. The molecule has 0 unspecified atom stereocenters. The average Bonchev–Trinajstić information content (AvgIpc) is 3.09. The number of nitrogens with zero attached hydrogens (tertiary/aromatic N) is 2. The van der Waals surface area contributed by atoms with E-state index in [1.165, 1.54) is 0 Å². The van der Waals surface area contributed by atoms with Crippen molar-refractivity contribution in [3.8, 4) is 0 Å². The summed E-state index contributed by atoms with van der Waals surface area (Å²) in [6, 6.07) is -0.886. The van der Waals surface area contributed by atoms with Gasteiger partial charge in [0, 0.05) is 12.1 Å². The van der Waals surface area contributed by atoms with E-state index in [2.05, 4.69) is 19.2 Å². The predicted molar refractivity (Wildman–Crippen MR) is 87.9 cm³/mol. The van der Waals surface area contributed by atoms with E-state index in [-0.39, 0.29) is 12.1 Å². The second-order valence-corrected chi connectivity index (χ2v) is 7.23. The van der Waals surface area contributed by atoms with Crippen LogP contribution in [-0.4, -0.2) is 52.2 Å². The maximum atomic E-state index is 12.4. The molecule has 1 heterocycles. The molecule has 0 radical (unpaired) electrons. The second-order valence-electron chi connectivity index (χ2n) is 7.23. The van der Waals surface area contributed by atoms with Crippen LogP contribution in [0.1, 0.15) is 59.3 Å². The molecule has 1 N–H and O–H groups in total. The summed E-state index contributed by atoms with van der Waals surface area (Å²) < 4.78 is 0. The highest BCUT2D eigenvalue weighted by molar-refractivity contribution is 6.45. The van der Waals surface area contributed by atoms with Gasteiger partial charge in [0.2, 0.25) is 5.91 Å². The highest BCUT2D eigenvalue weighted by Gasteiger charge is 2.48. The maximum absolute atomic E-state index is 12.4. The van der Waals surface area contributed by atoms with Crippen LogP contribution in [0.15, 0.2) is 0 Å². The molecule has 7 nitrogen and oxygen atoms in total. The van der Waals surface area contributed by atoms with Crippen molar-refractivity contribution >= 4 is 23.8 Å². The first kappa shape index (κ1) is 18.4. The fraction of sp³-hybridized carbons (Fsp3) is 0.765. The molecule has 7 heteroatoms. The molecule has 1 saturated heterocycles. The molecular formula is C17H27N3O4. The molecule has 2 aliphatic rings. The fourth-order valence-electron chi connectivity index (χ4n) is 3.27. The molecule has 134 valence electrons. The maximum Gasteiger partial charge on any atom is 0.334 e. The lowest BCUT2D eigenvalue weighted by molar-refractivity contribution is -0.144. The van der Waals surface area contributed by atoms with Crippen molar-refractivity contribution in [1.82, 2.24) is 15.1 Å². The van der Waals surface area contributed by atoms with Crippen LogP contribution in [0, 0.1) is 5.92 Å². The molecule has 0 aromatic carbocycles. The Hall–Kier alpha value is -1.92. The van der Waals surface area contributed by atoms with Crippen molar-refractivity contribution in [3.63, 3.8) is 0 Å². The van der Waals surface area contributed by atoms with Gasteiger partial charge >= 0.3 is 17.8 Å². The van der Waals surface area contributed by atoms with Gasteiger partial charge in [-0.2, -0.15) is 0 Å².